The molecule has 0 fully saturated rings. The first kappa shape index (κ1) is 15.7. The highest BCUT2D eigenvalue weighted by Crippen LogP contribution is 2.35. The zero-order chi connectivity index (χ0) is 16.4. The molecule has 0 bridgehead atoms. The van der Waals surface area contributed by atoms with Crippen molar-refractivity contribution in [1.29, 1.82) is 0 Å². The molecule has 1 amide bonds. The summed E-state index contributed by atoms with van der Waals surface area (Å²) in [5, 5.41) is 1.95. The summed E-state index contributed by atoms with van der Waals surface area (Å²) in [5.41, 5.74) is 1.57. The maximum Gasteiger partial charge on any atom is 0.364 e. The highest BCUT2D eigenvalue weighted by molar-refractivity contribution is 7.96. The van der Waals surface area contributed by atoms with E-state index in [-0.39, 0.29) is 44.3 Å². The van der Waals surface area contributed by atoms with Crippen LogP contribution in [0.1, 0.15) is 24.0 Å². The van der Waals surface area contributed by atoms with Gasteiger partial charge in [-0.15, -0.1) is 0 Å². The minimum absolute atomic E-state index is 0.0341. The Morgan fingerprint density at radius 3 is 2.57 bits per heavy atom. The normalized spacial score (nSPS) is 20.5. The number of benzene rings is 1. The molecular formula is C15H15NO6S. The highest BCUT2D eigenvalue weighted by Gasteiger charge is 2.25. The first-order valence-electron chi connectivity index (χ1n) is 7.10. The second-order valence-corrected chi connectivity index (χ2v) is 5.75. The predicted molar refractivity (Wildman–Crippen MR) is 81.6 cm³/mol. The van der Waals surface area contributed by atoms with E-state index in [0.29, 0.717) is 11.5 Å². The molecule has 1 aromatic rings. The van der Waals surface area contributed by atoms with Crippen LogP contribution in [0.25, 0.3) is 0 Å². The first-order chi connectivity index (χ1) is 11.0. The van der Waals surface area contributed by atoms with Gasteiger partial charge in [0, 0.05) is 19.4 Å². The fourth-order valence-electron chi connectivity index (χ4n) is 2.66. The van der Waals surface area contributed by atoms with Crippen molar-refractivity contribution in [2.24, 2.45) is 0 Å². The van der Waals surface area contributed by atoms with Gasteiger partial charge in [-0.25, -0.2) is 4.79 Å². The lowest BCUT2D eigenvalue weighted by Crippen LogP contribution is -2.32. The third-order valence-electron chi connectivity index (χ3n) is 3.69. The summed E-state index contributed by atoms with van der Waals surface area (Å²) in [5.74, 6) is 0.755. The number of carbonyl (C=O) groups excluding carboxylic acids is 3. The Kier molecular flexibility index (Phi) is 4.42. The van der Waals surface area contributed by atoms with Crippen LogP contribution in [0, 0.1) is 0 Å². The lowest BCUT2D eigenvalue weighted by atomic mass is 9.97. The van der Waals surface area contributed by atoms with Crippen LogP contribution >= 0.6 is 12.6 Å². The number of amides is 1. The fraction of sp³-hybridized carbons (Fsp3) is 0.400. The second-order valence-electron chi connectivity index (χ2n) is 5.38. The van der Waals surface area contributed by atoms with Gasteiger partial charge in [0.2, 0.25) is 12.7 Å². The molecular weight excluding hydrogens is 322 g/mol. The van der Waals surface area contributed by atoms with Crippen molar-refractivity contribution in [1.82, 2.24) is 5.32 Å². The van der Waals surface area contributed by atoms with E-state index in [0.717, 1.165) is 11.1 Å². The van der Waals surface area contributed by atoms with Gasteiger partial charge in [0.25, 0.3) is 0 Å². The predicted octanol–water partition coefficient (Wildman–Crippen LogP) is 1.37. The Morgan fingerprint density at radius 1 is 1.17 bits per heavy atom. The molecule has 2 aliphatic rings. The van der Waals surface area contributed by atoms with E-state index < -0.39 is 11.4 Å². The van der Waals surface area contributed by atoms with E-state index in [2.05, 4.69) is 17.9 Å². The molecule has 0 aliphatic carbocycles. The maximum atomic E-state index is 12.2. The van der Waals surface area contributed by atoms with Gasteiger partial charge < -0.3 is 19.5 Å². The van der Waals surface area contributed by atoms with E-state index in [1.165, 1.54) is 0 Å². The molecule has 23 heavy (non-hydrogen) atoms. The molecule has 3 rings (SSSR count). The minimum Gasteiger partial charge on any atom is -0.454 e. The van der Waals surface area contributed by atoms with Gasteiger partial charge in [-0.1, -0.05) is 12.6 Å². The van der Waals surface area contributed by atoms with Crippen LogP contribution in [0.5, 0.6) is 11.5 Å². The number of carbonyl (C=O) groups is 3. The minimum atomic E-state index is -0.809. The molecule has 7 nitrogen and oxygen atoms in total. The average molecular weight is 337 g/mol. The van der Waals surface area contributed by atoms with Crippen LogP contribution in [0.3, 0.4) is 0 Å². The van der Waals surface area contributed by atoms with Gasteiger partial charge in [-0.05, 0) is 23.3 Å². The Labute approximate surface area is 137 Å². The Morgan fingerprint density at radius 2 is 1.87 bits per heavy atom. The Hall–Kier alpha value is -2.22. The third kappa shape index (κ3) is 3.76. The van der Waals surface area contributed by atoms with Crippen molar-refractivity contribution in [3.8, 4) is 11.5 Å². The topological polar surface area (TPSA) is 90.9 Å². The van der Waals surface area contributed by atoms with Crippen LogP contribution < -0.4 is 14.8 Å². The summed E-state index contributed by atoms with van der Waals surface area (Å²) in [6.07, 6.45) is -0.739. The number of rotatable bonds is 1. The van der Waals surface area contributed by atoms with Gasteiger partial charge in [0.05, 0.1) is 6.42 Å². The molecule has 8 heteroatoms. The van der Waals surface area contributed by atoms with E-state index >= 15 is 0 Å². The van der Waals surface area contributed by atoms with Crippen LogP contribution in [0.15, 0.2) is 12.1 Å². The number of ether oxygens (including phenoxy) is 3. The SMILES string of the molecule is O=C1Cc2cc3c(cc2CNC(=O)C[C@H](OC(=O)S)C1)OCO3. The largest absolute Gasteiger partial charge is 0.454 e. The van der Waals surface area contributed by atoms with Crippen LogP contribution in [0.4, 0.5) is 4.79 Å². The lowest BCUT2D eigenvalue weighted by Gasteiger charge is -2.19. The summed E-state index contributed by atoms with van der Waals surface area (Å²) < 4.78 is 15.6. The van der Waals surface area contributed by atoms with Crippen molar-refractivity contribution in [3.63, 3.8) is 0 Å². The molecule has 0 saturated carbocycles. The van der Waals surface area contributed by atoms with Crippen molar-refractivity contribution >= 4 is 29.6 Å². The number of nitrogens with one attached hydrogen (secondary N) is 1. The van der Waals surface area contributed by atoms with Gasteiger partial charge in [-0.3, -0.25) is 9.59 Å². The summed E-state index contributed by atoms with van der Waals surface area (Å²) >= 11 is 3.53. The molecule has 0 aromatic heterocycles. The third-order valence-corrected chi connectivity index (χ3v) is 3.80. The molecule has 0 saturated heterocycles. The van der Waals surface area contributed by atoms with Crippen molar-refractivity contribution in [2.75, 3.05) is 6.79 Å². The lowest BCUT2D eigenvalue weighted by molar-refractivity contribution is -0.124. The number of Topliss-reactive ketones (excluding diaryl/α,β-unsaturated/α-hetero) is 1. The second kappa shape index (κ2) is 6.49. The van der Waals surface area contributed by atoms with E-state index in [4.69, 9.17) is 14.2 Å². The molecule has 0 spiro atoms. The molecule has 2 heterocycles. The van der Waals surface area contributed by atoms with E-state index in [1.54, 1.807) is 12.1 Å². The smallest absolute Gasteiger partial charge is 0.364 e. The standard InChI is InChI=1S/C15H15NO6S/c17-10-1-8-2-12-13(21-7-20-12)3-9(8)6-16-14(18)5-11(4-10)22-15(19)23/h2-3,11H,1,4-7H2,(H,16,18)(H,19,23)/t11-/m1/s1. The quantitative estimate of drug-likeness (QED) is 0.594. The van der Waals surface area contributed by atoms with Crippen LogP contribution in [-0.2, 0) is 27.3 Å². The van der Waals surface area contributed by atoms with Gasteiger partial charge in [-0.2, -0.15) is 0 Å². The van der Waals surface area contributed by atoms with Crippen molar-refractivity contribution < 1.29 is 28.6 Å². The molecule has 1 N–H and O–H groups in total. The average Bonchev–Trinajstić information content (AvgIpc) is 2.90. The molecule has 122 valence electrons. The number of thiol groups is 1. The highest BCUT2D eigenvalue weighted by atomic mass is 32.1. The number of hydrogen-bond donors (Lipinski definition) is 2. The molecule has 0 radical (unpaired) electrons. The molecule has 2 aliphatic heterocycles. The van der Waals surface area contributed by atoms with Crippen molar-refractivity contribution in [2.45, 2.75) is 31.9 Å². The number of ketones is 1. The Balaban J connectivity index is 1.86. The fourth-order valence-corrected chi connectivity index (χ4v) is 2.81. The zero-order valence-corrected chi connectivity index (χ0v) is 13.1. The Bertz CT molecular complexity index is 674. The number of fused-ring (bicyclic) bond motifs is 2. The van der Waals surface area contributed by atoms with Gasteiger partial charge in [0.15, 0.2) is 11.5 Å². The van der Waals surface area contributed by atoms with Crippen LogP contribution in [0.2, 0.25) is 0 Å². The summed E-state index contributed by atoms with van der Waals surface area (Å²) in [7, 11) is 0. The van der Waals surface area contributed by atoms with Gasteiger partial charge in [0.1, 0.15) is 11.9 Å². The first-order valence-corrected chi connectivity index (χ1v) is 7.55. The summed E-state index contributed by atoms with van der Waals surface area (Å²) in [4.78, 5) is 35.2. The van der Waals surface area contributed by atoms with Crippen molar-refractivity contribution in [3.05, 3.63) is 23.3 Å². The van der Waals surface area contributed by atoms with E-state index in [1.807, 2.05) is 0 Å². The molecule has 0 unspecified atom stereocenters. The van der Waals surface area contributed by atoms with Gasteiger partial charge >= 0.3 is 5.30 Å². The molecule has 1 atom stereocenters. The summed E-state index contributed by atoms with van der Waals surface area (Å²) in [6.45, 7) is 0.401. The van der Waals surface area contributed by atoms with Crippen LogP contribution in [-0.4, -0.2) is 29.9 Å². The monoisotopic (exact) mass is 337 g/mol. The molecule has 1 aromatic carbocycles. The number of hydrogen-bond acceptors (Lipinski definition) is 6. The summed E-state index contributed by atoms with van der Waals surface area (Å²) in [6, 6.07) is 3.53. The zero-order valence-electron chi connectivity index (χ0n) is 12.2. The maximum absolute atomic E-state index is 12.2. The van der Waals surface area contributed by atoms with E-state index in [9.17, 15) is 14.4 Å².